The summed E-state index contributed by atoms with van der Waals surface area (Å²) in [4.78, 5) is 25.3. The Morgan fingerprint density at radius 2 is 1.80 bits per heavy atom. The Morgan fingerprint density at radius 1 is 1.09 bits per heavy atom. The van der Waals surface area contributed by atoms with Crippen LogP contribution >= 0.6 is 0 Å². The van der Waals surface area contributed by atoms with E-state index in [9.17, 15) is 20.2 Å². The smallest absolute Gasteiger partial charge is 0.311 e. The van der Waals surface area contributed by atoms with Crippen molar-refractivity contribution in [2.75, 3.05) is 13.1 Å². The maximum atomic E-state index is 12.5. The van der Waals surface area contributed by atoms with Gasteiger partial charge in [0.25, 0.3) is 5.91 Å². The summed E-state index contributed by atoms with van der Waals surface area (Å²) in [6.45, 7) is 6.74. The van der Waals surface area contributed by atoms with E-state index in [2.05, 4.69) is 0 Å². The lowest BCUT2D eigenvalue weighted by atomic mass is 9.97. The number of hydrogen-bond acceptors (Lipinski definition) is 5. The highest BCUT2D eigenvalue weighted by atomic mass is 16.6. The van der Waals surface area contributed by atoms with Crippen molar-refractivity contribution in [1.82, 2.24) is 4.90 Å². The molecule has 178 valence electrons. The molecular weight excluding hydrogens is 442 g/mol. The summed E-state index contributed by atoms with van der Waals surface area (Å²) >= 11 is 0. The third kappa shape index (κ3) is 5.92. The average molecular weight is 470 g/mol. The van der Waals surface area contributed by atoms with E-state index in [-0.39, 0.29) is 23.6 Å². The maximum absolute atomic E-state index is 12.5. The largest absolute Gasteiger partial charge is 0.482 e. The average Bonchev–Trinajstić information content (AvgIpc) is 2.88. The van der Waals surface area contributed by atoms with E-state index < -0.39 is 10.8 Å². The second kappa shape index (κ2) is 11.6. The maximum Gasteiger partial charge on any atom is 0.311 e. The summed E-state index contributed by atoms with van der Waals surface area (Å²) in [6, 6.07) is 22.2. The molecule has 7 heteroatoms. The molecule has 1 amide bonds. The molecule has 0 aromatic heterocycles. The lowest BCUT2D eigenvalue weighted by molar-refractivity contribution is -0.386. The molecule has 0 aliphatic heterocycles. The minimum atomic E-state index is -0.530. The number of nitro groups is 1. The van der Waals surface area contributed by atoms with E-state index in [0.717, 1.165) is 22.3 Å². The second-order valence-electron chi connectivity index (χ2n) is 7.88. The molecule has 3 aromatic carbocycles. The summed E-state index contributed by atoms with van der Waals surface area (Å²) in [6.07, 6.45) is 1.37. The third-order valence-electron chi connectivity index (χ3n) is 5.81. The Labute approximate surface area is 205 Å². The number of amides is 1. The highest BCUT2D eigenvalue weighted by molar-refractivity contribution is 6.01. The first-order chi connectivity index (χ1) is 16.9. The van der Waals surface area contributed by atoms with E-state index in [1.54, 1.807) is 6.07 Å². The van der Waals surface area contributed by atoms with Crippen LogP contribution in [0.1, 0.15) is 30.5 Å². The first kappa shape index (κ1) is 25.2. The minimum absolute atomic E-state index is 0.0787. The Kier molecular flexibility index (Phi) is 8.36. The number of nitriles is 1. The number of carbonyl (C=O) groups excluding carboxylic acids is 1. The van der Waals surface area contributed by atoms with Crippen molar-refractivity contribution in [2.24, 2.45) is 0 Å². The number of benzene rings is 3. The summed E-state index contributed by atoms with van der Waals surface area (Å²) in [5.41, 5.74) is 4.18. The lowest BCUT2D eigenvalue weighted by Gasteiger charge is -2.17. The molecule has 0 saturated heterocycles. The van der Waals surface area contributed by atoms with Crippen LogP contribution in [0.5, 0.6) is 5.75 Å². The fraction of sp³-hybridized carbons (Fsp3) is 0.214. The molecule has 0 aliphatic rings. The topological polar surface area (TPSA) is 96.5 Å². The highest BCUT2D eigenvalue weighted by Crippen LogP contribution is 2.31. The van der Waals surface area contributed by atoms with Crippen molar-refractivity contribution in [3.63, 3.8) is 0 Å². The number of rotatable bonds is 9. The number of likely N-dealkylation sites (N-methyl/N-ethyl adjacent to an activating group) is 1. The van der Waals surface area contributed by atoms with Gasteiger partial charge in [0.1, 0.15) is 18.2 Å². The van der Waals surface area contributed by atoms with E-state index in [1.165, 1.54) is 23.1 Å². The van der Waals surface area contributed by atoms with Crippen molar-refractivity contribution in [1.29, 1.82) is 5.26 Å². The minimum Gasteiger partial charge on any atom is -0.482 e. The Morgan fingerprint density at radius 3 is 2.43 bits per heavy atom. The first-order valence-corrected chi connectivity index (χ1v) is 11.4. The second-order valence-corrected chi connectivity index (χ2v) is 7.88. The first-order valence-electron chi connectivity index (χ1n) is 11.4. The standard InChI is InChI=1S/C28H27N3O4/c1-4-30(5-2)28(32)24(18-29)16-21-14-15-27(26(17-21)31(33)34)35-19-23-12-9-13-25(20(23)3)22-10-7-6-8-11-22/h6-17H,4-5,19H2,1-3H3/b24-16+. The predicted octanol–water partition coefficient (Wildman–Crippen LogP) is 5.92. The number of hydrogen-bond donors (Lipinski definition) is 0. The zero-order valence-corrected chi connectivity index (χ0v) is 20.0. The Balaban J connectivity index is 1.87. The third-order valence-corrected chi connectivity index (χ3v) is 5.81. The van der Waals surface area contributed by atoms with Gasteiger partial charge in [-0.05, 0) is 60.7 Å². The molecule has 3 aromatic rings. The quantitative estimate of drug-likeness (QED) is 0.168. The van der Waals surface area contributed by atoms with Gasteiger partial charge in [-0.25, -0.2) is 0 Å². The van der Waals surface area contributed by atoms with Gasteiger partial charge < -0.3 is 9.64 Å². The van der Waals surface area contributed by atoms with Crippen LogP contribution in [0.4, 0.5) is 5.69 Å². The SMILES string of the molecule is CCN(CC)C(=O)/C(C#N)=C/c1ccc(OCc2cccc(-c3ccccc3)c2C)c([N+](=O)[O-])c1. The van der Waals surface area contributed by atoms with Gasteiger partial charge in [0, 0.05) is 19.2 Å². The van der Waals surface area contributed by atoms with E-state index >= 15 is 0 Å². The molecule has 0 unspecified atom stereocenters. The molecule has 0 heterocycles. The van der Waals surface area contributed by atoms with E-state index in [0.29, 0.717) is 18.7 Å². The Hall–Kier alpha value is -4.44. The summed E-state index contributed by atoms with van der Waals surface area (Å²) < 4.78 is 5.86. The summed E-state index contributed by atoms with van der Waals surface area (Å²) in [7, 11) is 0. The van der Waals surface area contributed by atoms with Gasteiger partial charge in [-0.3, -0.25) is 14.9 Å². The van der Waals surface area contributed by atoms with Crippen molar-refractivity contribution in [3.05, 3.63) is 99.1 Å². The molecule has 0 spiro atoms. The van der Waals surface area contributed by atoms with Gasteiger partial charge >= 0.3 is 5.69 Å². The molecule has 0 N–H and O–H groups in total. The van der Waals surface area contributed by atoms with Crippen LogP contribution in [-0.2, 0) is 11.4 Å². The molecule has 0 aliphatic carbocycles. The van der Waals surface area contributed by atoms with Gasteiger partial charge in [0.15, 0.2) is 5.75 Å². The van der Waals surface area contributed by atoms with Gasteiger partial charge in [-0.1, -0.05) is 54.6 Å². The molecule has 0 saturated carbocycles. The van der Waals surface area contributed by atoms with E-state index in [4.69, 9.17) is 4.74 Å². The van der Waals surface area contributed by atoms with Crippen LogP contribution in [0, 0.1) is 28.4 Å². The number of nitro benzene ring substituents is 1. The molecule has 0 radical (unpaired) electrons. The molecule has 0 fully saturated rings. The summed E-state index contributed by atoms with van der Waals surface area (Å²) in [5.74, 6) is -0.292. The van der Waals surface area contributed by atoms with Gasteiger partial charge in [0.05, 0.1) is 4.92 Å². The number of nitrogens with zero attached hydrogens (tertiary/aromatic N) is 3. The van der Waals surface area contributed by atoms with Crippen LogP contribution < -0.4 is 4.74 Å². The predicted molar refractivity (Wildman–Crippen MR) is 136 cm³/mol. The normalized spacial score (nSPS) is 11.0. The monoisotopic (exact) mass is 469 g/mol. The van der Waals surface area contributed by atoms with Crippen LogP contribution in [0.3, 0.4) is 0 Å². The fourth-order valence-corrected chi connectivity index (χ4v) is 3.80. The molecule has 0 atom stereocenters. The number of ether oxygens (including phenoxy) is 1. The van der Waals surface area contributed by atoms with Crippen LogP contribution in [0.25, 0.3) is 17.2 Å². The van der Waals surface area contributed by atoms with Crippen LogP contribution in [0.15, 0.2) is 72.3 Å². The van der Waals surface area contributed by atoms with Crippen molar-refractivity contribution in [2.45, 2.75) is 27.4 Å². The molecule has 7 nitrogen and oxygen atoms in total. The molecule has 3 rings (SSSR count). The highest BCUT2D eigenvalue weighted by Gasteiger charge is 2.19. The Bertz CT molecular complexity index is 1290. The van der Waals surface area contributed by atoms with E-state index in [1.807, 2.05) is 75.4 Å². The van der Waals surface area contributed by atoms with Crippen molar-refractivity contribution in [3.8, 4) is 22.9 Å². The zero-order valence-electron chi connectivity index (χ0n) is 20.0. The molecular formula is C28H27N3O4. The van der Waals surface area contributed by atoms with Gasteiger partial charge in [-0.2, -0.15) is 5.26 Å². The van der Waals surface area contributed by atoms with Gasteiger partial charge in [-0.15, -0.1) is 0 Å². The zero-order chi connectivity index (χ0) is 25.4. The van der Waals surface area contributed by atoms with Crippen molar-refractivity contribution >= 4 is 17.7 Å². The lowest BCUT2D eigenvalue weighted by Crippen LogP contribution is -2.31. The summed E-state index contributed by atoms with van der Waals surface area (Å²) in [5, 5.41) is 21.2. The van der Waals surface area contributed by atoms with Gasteiger partial charge in [0.2, 0.25) is 0 Å². The number of carbonyl (C=O) groups is 1. The van der Waals surface area contributed by atoms with Crippen LogP contribution in [-0.4, -0.2) is 28.8 Å². The van der Waals surface area contributed by atoms with Crippen LogP contribution in [0.2, 0.25) is 0 Å². The molecule has 35 heavy (non-hydrogen) atoms. The molecule has 0 bridgehead atoms. The van der Waals surface area contributed by atoms with Crippen molar-refractivity contribution < 1.29 is 14.5 Å². The fourth-order valence-electron chi connectivity index (χ4n) is 3.80.